The maximum atomic E-state index is 12.8. The van der Waals surface area contributed by atoms with E-state index < -0.39 is 35.9 Å². The number of benzene rings is 1. The van der Waals surface area contributed by atoms with E-state index in [1.807, 2.05) is 0 Å². The van der Waals surface area contributed by atoms with Crippen molar-refractivity contribution in [1.29, 1.82) is 0 Å². The van der Waals surface area contributed by atoms with Gasteiger partial charge in [0, 0.05) is 0 Å². The molecule has 1 nitrogen and oxygen atoms in total. The van der Waals surface area contributed by atoms with E-state index in [0.29, 0.717) is 0 Å². The van der Waals surface area contributed by atoms with Crippen LogP contribution in [-0.2, 0) is 11.8 Å². The Balaban J connectivity index is 2.31. The smallest absolute Gasteiger partial charge is 0.385 e. The van der Waals surface area contributed by atoms with E-state index in [1.54, 1.807) is 0 Å². The van der Waals surface area contributed by atoms with Crippen molar-refractivity contribution >= 4 is 0 Å². The number of rotatable bonds is 1. The second-order valence-corrected chi connectivity index (χ2v) is 5.45. The molecule has 1 aliphatic carbocycles. The van der Waals surface area contributed by atoms with Crippen LogP contribution in [0.5, 0.6) is 0 Å². The van der Waals surface area contributed by atoms with Crippen LogP contribution in [0.2, 0.25) is 0 Å². The first-order chi connectivity index (χ1) is 9.52. The summed E-state index contributed by atoms with van der Waals surface area (Å²) in [4.78, 5) is 0. The Bertz CT molecular complexity index is 507. The van der Waals surface area contributed by atoms with Crippen molar-refractivity contribution in [2.75, 3.05) is 0 Å². The molecule has 1 aliphatic rings. The van der Waals surface area contributed by atoms with Gasteiger partial charge in [0.05, 0.1) is 17.1 Å². The van der Waals surface area contributed by atoms with Crippen LogP contribution in [0.1, 0.15) is 36.8 Å². The van der Waals surface area contributed by atoms with Gasteiger partial charge in [0.2, 0.25) is 0 Å². The van der Waals surface area contributed by atoms with Crippen molar-refractivity contribution in [1.82, 2.24) is 0 Å². The van der Waals surface area contributed by atoms with E-state index in [1.165, 1.54) is 6.07 Å². The average Bonchev–Trinajstić information content (AvgIpc) is 2.37. The minimum absolute atomic E-state index is 0.0287. The zero-order chi connectivity index (χ0) is 15.9. The first-order valence-electron chi connectivity index (χ1n) is 6.49. The van der Waals surface area contributed by atoms with E-state index in [0.717, 1.165) is 18.2 Å². The summed E-state index contributed by atoms with van der Waals surface area (Å²) in [6, 6.07) is 3.91. The van der Waals surface area contributed by atoms with Gasteiger partial charge in [-0.25, -0.2) is 0 Å². The largest absolute Gasteiger partial charge is 0.416 e. The summed E-state index contributed by atoms with van der Waals surface area (Å²) in [5.41, 5.74) is -2.94. The predicted molar refractivity (Wildman–Crippen MR) is 63.4 cm³/mol. The number of aliphatic hydroxyl groups is 1. The third kappa shape index (κ3) is 3.51. The fourth-order valence-corrected chi connectivity index (χ4v) is 2.78. The van der Waals surface area contributed by atoms with Gasteiger partial charge in [-0.2, -0.15) is 26.3 Å². The molecule has 1 N–H and O–H groups in total. The Kier molecular flexibility index (Phi) is 3.99. The quantitative estimate of drug-likeness (QED) is 0.749. The van der Waals surface area contributed by atoms with E-state index >= 15 is 0 Å². The lowest BCUT2D eigenvalue weighted by atomic mass is 9.74. The van der Waals surface area contributed by atoms with Gasteiger partial charge in [0.25, 0.3) is 0 Å². The topological polar surface area (TPSA) is 20.2 Å². The van der Waals surface area contributed by atoms with Crippen LogP contribution in [0.25, 0.3) is 0 Å². The molecule has 1 aromatic carbocycles. The average molecular weight is 312 g/mol. The molecule has 0 aliphatic heterocycles. The molecular formula is C14H14F6O. The van der Waals surface area contributed by atoms with Crippen molar-refractivity contribution in [2.24, 2.45) is 5.92 Å². The van der Waals surface area contributed by atoms with Gasteiger partial charge < -0.3 is 5.11 Å². The van der Waals surface area contributed by atoms with Gasteiger partial charge in [-0.1, -0.05) is 12.1 Å². The van der Waals surface area contributed by atoms with Crippen LogP contribution in [0.4, 0.5) is 26.3 Å². The molecule has 2 unspecified atom stereocenters. The molecule has 1 aromatic rings. The number of hydrogen-bond donors (Lipinski definition) is 1. The highest BCUT2D eigenvalue weighted by molar-refractivity contribution is 5.30. The van der Waals surface area contributed by atoms with Crippen LogP contribution < -0.4 is 0 Å². The van der Waals surface area contributed by atoms with Crippen LogP contribution in [0.3, 0.4) is 0 Å². The van der Waals surface area contributed by atoms with Crippen molar-refractivity contribution in [3.63, 3.8) is 0 Å². The van der Waals surface area contributed by atoms with Crippen LogP contribution in [0, 0.1) is 5.92 Å². The van der Waals surface area contributed by atoms with Gasteiger partial charge >= 0.3 is 12.4 Å². The second-order valence-electron chi connectivity index (χ2n) is 5.45. The molecule has 2 rings (SSSR count). The molecule has 0 heterocycles. The molecule has 0 spiro atoms. The van der Waals surface area contributed by atoms with Crippen molar-refractivity contribution in [3.8, 4) is 0 Å². The first kappa shape index (κ1) is 16.1. The Morgan fingerprint density at radius 2 is 1.76 bits per heavy atom. The fraction of sp³-hybridized carbons (Fsp3) is 0.571. The van der Waals surface area contributed by atoms with E-state index in [9.17, 15) is 31.4 Å². The third-order valence-corrected chi connectivity index (χ3v) is 3.92. The lowest BCUT2D eigenvalue weighted by Gasteiger charge is -2.38. The Morgan fingerprint density at radius 3 is 2.33 bits per heavy atom. The summed E-state index contributed by atoms with van der Waals surface area (Å²) in [6.45, 7) is 0. The number of halogens is 6. The molecular weight excluding hydrogens is 298 g/mol. The van der Waals surface area contributed by atoms with Crippen molar-refractivity contribution < 1.29 is 31.4 Å². The molecule has 7 heteroatoms. The first-order valence-corrected chi connectivity index (χ1v) is 6.49. The molecule has 0 amide bonds. The number of hydrogen-bond acceptors (Lipinski definition) is 1. The summed E-state index contributed by atoms with van der Waals surface area (Å²) in [5.74, 6) is -1.69. The van der Waals surface area contributed by atoms with Gasteiger partial charge in [-0.05, 0) is 43.4 Å². The van der Waals surface area contributed by atoms with Gasteiger partial charge in [-0.3, -0.25) is 0 Å². The molecule has 0 bridgehead atoms. The van der Waals surface area contributed by atoms with Crippen molar-refractivity contribution in [3.05, 3.63) is 35.4 Å². The van der Waals surface area contributed by atoms with Gasteiger partial charge in [0.1, 0.15) is 0 Å². The van der Waals surface area contributed by atoms with Gasteiger partial charge in [0.15, 0.2) is 0 Å². The monoisotopic (exact) mass is 312 g/mol. The lowest BCUT2D eigenvalue weighted by molar-refractivity contribution is -0.202. The summed E-state index contributed by atoms with van der Waals surface area (Å²) >= 11 is 0. The highest BCUT2D eigenvalue weighted by Crippen LogP contribution is 2.46. The predicted octanol–water partition coefficient (Wildman–Crippen LogP) is 4.65. The zero-order valence-electron chi connectivity index (χ0n) is 10.9. The Labute approximate surface area is 117 Å². The Morgan fingerprint density at radius 1 is 1.10 bits per heavy atom. The molecule has 2 atom stereocenters. The number of alkyl halides is 6. The molecule has 118 valence electrons. The summed E-state index contributed by atoms with van der Waals surface area (Å²) in [6.07, 6.45) is -9.60. The van der Waals surface area contributed by atoms with Crippen LogP contribution >= 0.6 is 0 Å². The maximum Gasteiger partial charge on any atom is 0.416 e. The van der Waals surface area contributed by atoms with E-state index in [-0.39, 0.29) is 24.8 Å². The second kappa shape index (κ2) is 5.19. The molecule has 21 heavy (non-hydrogen) atoms. The Hall–Kier alpha value is -1.24. The lowest BCUT2D eigenvalue weighted by Crippen LogP contribution is -2.38. The van der Waals surface area contributed by atoms with Crippen LogP contribution in [-0.4, -0.2) is 11.3 Å². The molecule has 1 saturated carbocycles. The van der Waals surface area contributed by atoms with E-state index in [4.69, 9.17) is 0 Å². The SMILES string of the molecule is OC1(c2cccc(C(F)(F)F)c2)CCCC(C(F)(F)F)C1. The molecule has 0 aromatic heterocycles. The van der Waals surface area contributed by atoms with Crippen molar-refractivity contribution in [2.45, 2.75) is 43.6 Å². The maximum absolute atomic E-state index is 12.8. The minimum atomic E-state index is -4.59. The highest BCUT2D eigenvalue weighted by atomic mass is 19.4. The summed E-state index contributed by atoms with van der Waals surface area (Å²) in [7, 11) is 0. The molecule has 0 radical (unpaired) electrons. The normalized spacial score (nSPS) is 27.7. The van der Waals surface area contributed by atoms with E-state index in [2.05, 4.69) is 0 Å². The summed E-state index contributed by atoms with van der Waals surface area (Å²) in [5, 5.41) is 10.4. The molecule has 0 saturated heterocycles. The fourth-order valence-electron chi connectivity index (χ4n) is 2.78. The summed E-state index contributed by atoms with van der Waals surface area (Å²) < 4.78 is 76.3. The highest BCUT2D eigenvalue weighted by Gasteiger charge is 2.47. The minimum Gasteiger partial charge on any atom is -0.385 e. The zero-order valence-corrected chi connectivity index (χ0v) is 10.9. The molecule has 1 fully saturated rings. The van der Waals surface area contributed by atoms with Crippen LogP contribution in [0.15, 0.2) is 24.3 Å². The third-order valence-electron chi connectivity index (χ3n) is 3.92. The van der Waals surface area contributed by atoms with Gasteiger partial charge in [-0.15, -0.1) is 0 Å². The standard InChI is InChI=1S/C14H14F6O/c15-13(16,17)10-4-1-3-9(7-10)12(21)6-2-5-11(8-12)14(18,19)20/h1,3-4,7,11,21H,2,5-6,8H2.